The molecule has 0 N–H and O–H groups in total. The molecule has 1 aliphatic carbocycles. The lowest BCUT2D eigenvalue weighted by atomic mass is 9.67. The van der Waals surface area contributed by atoms with Gasteiger partial charge in [-0.3, -0.25) is 0 Å². The summed E-state index contributed by atoms with van der Waals surface area (Å²) in [6.45, 7) is 0. The normalized spacial score (nSPS) is 12.5. The first kappa shape index (κ1) is 40.3. The van der Waals surface area contributed by atoms with Crippen molar-refractivity contribution in [2.24, 2.45) is 0 Å². The first-order valence-electron chi connectivity index (χ1n) is 23.7. The first-order chi connectivity index (χ1) is 34.2. The number of rotatable bonds is 9. The van der Waals surface area contributed by atoms with Crippen LogP contribution in [0.5, 0.6) is 0 Å². The molecule has 1 aromatic heterocycles. The van der Waals surface area contributed by atoms with Crippen molar-refractivity contribution in [3.63, 3.8) is 0 Å². The summed E-state index contributed by atoms with van der Waals surface area (Å²) in [5, 5.41) is 2.25. The van der Waals surface area contributed by atoms with Crippen LogP contribution in [0.25, 0.3) is 77.6 Å². The van der Waals surface area contributed by atoms with Crippen LogP contribution in [0, 0.1) is 0 Å². The van der Waals surface area contributed by atoms with E-state index >= 15 is 0 Å². The topological polar surface area (TPSA) is 16.4 Å². The van der Waals surface area contributed by atoms with E-state index in [4.69, 9.17) is 4.42 Å². The van der Waals surface area contributed by atoms with Gasteiger partial charge in [-0.25, -0.2) is 0 Å². The van der Waals surface area contributed by atoms with Gasteiger partial charge >= 0.3 is 0 Å². The smallest absolute Gasteiger partial charge is 0.143 e. The van der Waals surface area contributed by atoms with E-state index in [1.807, 2.05) is 12.1 Å². The van der Waals surface area contributed by atoms with Crippen LogP contribution >= 0.6 is 0 Å². The molecule has 0 spiro atoms. The van der Waals surface area contributed by atoms with Gasteiger partial charge in [0.2, 0.25) is 0 Å². The Morgan fingerprint density at radius 2 is 0.812 bits per heavy atom. The molecular weight excluding hydrogens is 835 g/mol. The zero-order chi connectivity index (χ0) is 45.7. The highest BCUT2D eigenvalue weighted by atomic mass is 16.3. The van der Waals surface area contributed by atoms with Gasteiger partial charge in [-0.2, -0.15) is 0 Å². The van der Waals surface area contributed by atoms with Gasteiger partial charge in [-0.15, -0.1) is 0 Å². The van der Waals surface area contributed by atoms with Gasteiger partial charge in [0, 0.05) is 33.3 Å². The number of fused-ring (bicyclic) bond motifs is 6. The highest BCUT2D eigenvalue weighted by molar-refractivity contribution is 6.09. The predicted molar refractivity (Wildman–Crippen MR) is 287 cm³/mol. The SMILES string of the molecule is c1ccc(-c2ccc(-c3ccccc3N(c3ccc(-c4cccc5c4oc4ccccc45)cc3)c3cccc(-c4cccc5c4-c4ccccc4C5(c4ccccc4)c4ccccc4)c3)cc2)cc1. The van der Waals surface area contributed by atoms with Crippen LogP contribution in [0.15, 0.2) is 277 Å². The van der Waals surface area contributed by atoms with Crippen molar-refractivity contribution in [3.8, 4) is 55.6 Å². The number of hydrogen-bond donors (Lipinski definition) is 0. The van der Waals surface area contributed by atoms with Crippen molar-refractivity contribution in [2.45, 2.75) is 5.41 Å². The van der Waals surface area contributed by atoms with Crippen molar-refractivity contribution in [1.29, 1.82) is 0 Å². The van der Waals surface area contributed by atoms with E-state index in [0.717, 1.165) is 66.8 Å². The van der Waals surface area contributed by atoms with Gasteiger partial charge < -0.3 is 9.32 Å². The van der Waals surface area contributed by atoms with Gasteiger partial charge in [-0.05, 0) is 103 Å². The molecule has 0 unspecified atom stereocenters. The highest BCUT2D eigenvalue weighted by Crippen LogP contribution is 2.58. The third-order valence-corrected chi connectivity index (χ3v) is 14.2. The molecule has 1 heterocycles. The average molecular weight is 880 g/mol. The van der Waals surface area contributed by atoms with Gasteiger partial charge in [0.1, 0.15) is 11.2 Å². The number of benzene rings is 11. The molecular formula is C67H45NO. The molecule has 0 fully saturated rings. The highest BCUT2D eigenvalue weighted by Gasteiger charge is 2.46. The molecule has 0 aliphatic heterocycles. The molecule has 0 atom stereocenters. The Kier molecular flexibility index (Phi) is 9.77. The summed E-state index contributed by atoms with van der Waals surface area (Å²) in [4.78, 5) is 2.42. The fraction of sp³-hybridized carbons (Fsp3) is 0.0149. The van der Waals surface area contributed by atoms with Crippen LogP contribution in [0.4, 0.5) is 17.1 Å². The summed E-state index contributed by atoms with van der Waals surface area (Å²) in [6.07, 6.45) is 0. The molecule has 324 valence electrons. The molecule has 11 aromatic carbocycles. The second kappa shape index (κ2) is 16.7. The number of nitrogens with zero attached hydrogens (tertiary/aromatic N) is 1. The van der Waals surface area contributed by atoms with E-state index in [2.05, 4.69) is 266 Å². The standard InChI is InChI=1S/C67H45NO/c1-4-19-46(20-5-1)47-37-39-48(40-38-47)55-27-11-14-35-63(55)68(53-43-41-49(42-44-53)57-31-17-32-59-58-28-12-15-36-64(58)69-66(57)59)54-26-16-21-50(45-54)56-30-18-34-62-65(56)60-29-10-13-33-61(60)67(62,51-22-6-2-7-23-51)52-24-8-3-9-25-52/h1-45H. The quantitative estimate of drug-likeness (QED) is 0.144. The molecule has 2 nitrogen and oxygen atoms in total. The summed E-state index contributed by atoms with van der Waals surface area (Å²) in [5.41, 5.74) is 21.4. The molecule has 0 saturated heterocycles. The molecule has 0 bridgehead atoms. The van der Waals surface area contributed by atoms with Gasteiger partial charge in [-0.1, -0.05) is 237 Å². The van der Waals surface area contributed by atoms with E-state index < -0.39 is 5.41 Å². The zero-order valence-corrected chi connectivity index (χ0v) is 37.8. The Morgan fingerprint density at radius 3 is 1.58 bits per heavy atom. The molecule has 2 heteroatoms. The lowest BCUT2D eigenvalue weighted by Crippen LogP contribution is -2.28. The van der Waals surface area contributed by atoms with Crippen LogP contribution in [0.1, 0.15) is 22.3 Å². The number of furan rings is 1. The molecule has 13 rings (SSSR count). The number of para-hydroxylation sites is 3. The summed E-state index contributed by atoms with van der Waals surface area (Å²) in [6, 6.07) is 99.2. The van der Waals surface area contributed by atoms with Crippen molar-refractivity contribution in [1.82, 2.24) is 0 Å². The van der Waals surface area contributed by atoms with Crippen LogP contribution < -0.4 is 4.90 Å². The minimum Gasteiger partial charge on any atom is -0.455 e. The predicted octanol–water partition coefficient (Wildman–Crippen LogP) is 18.1. The molecule has 0 radical (unpaired) electrons. The Hall–Kier alpha value is -8.98. The molecule has 0 saturated carbocycles. The Bertz CT molecular complexity index is 3780. The third-order valence-electron chi connectivity index (χ3n) is 14.2. The molecule has 12 aromatic rings. The average Bonchev–Trinajstić information content (AvgIpc) is 3.97. The van der Waals surface area contributed by atoms with E-state index in [-0.39, 0.29) is 0 Å². The van der Waals surface area contributed by atoms with Gasteiger partial charge in [0.15, 0.2) is 0 Å². The minimum atomic E-state index is -0.489. The monoisotopic (exact) mass is 879 g/mol. The van der Waals surface area contributed by atoms with Crippen molar-refractivity contribution in [2.75, 3.05) is 4.90 Å². The second-order valence-electron chi connectivity index (χ2n) is 17.9. The van der Waals surface area contributed by atoms with E-state index in [1.165, 1.54) is 50.1 Å². The fourth-order valence-corrected chi connectivity index (χ4v) is 11.1. The number of hydrogen-bond acceptors (Lipinski definition) is 2. The van der Waals surface area contributed by atoms with Crippen molar-refractivity contribution >= 4 is 39.0 Å². The van der Waals surface area contributed by atoms with Crippen molar-refractivity contribution in [3.05, 3.63) is 295 Å². The summed E-state index contributed by atoms with van der Waals surface area (Å²) < 4.78 is 6.52. The number of anilines is 3. The fourth-order valence-electron chi connectivity index (χ4n) is 11.1. The van der Waals surface area contributed by atoms with Gasteiger partial charge in [0.05, 0.1) is 11.1 Å². The van der Waals surface area contributed by atoms with E-state index in [0.29, 0.717) is 0 Å². The maximum absolute atomic E-state index is 6.52. The van der Waals surface area contributed by atoms with E-state index in [1.54, 1.807) is 0 Å². The van der Waals surface area contributed by atoms with Gasteiger partial charge in [0.25, 0.3) is 0 Å². The van der Waals surface area contributed by atoms with Crippen LogP contribution in [0.3, 0.4) is 0 Å². The zero-order valence-electron chi connectivity index (χ0n) is 37.8. The lowest BCUT2D eigenvalue weighted by molar-refractivity contribution is 0.670. The Labute approximate surface area is 402 Å². The minimum absolute atomic E-state index is 0.489. The maximum atomic E-state index is 6.52. The summed E-state index contributed by atoms with van der Waals surface area (Å²) in [7, 11) is 0. The van der Waals surface area contributed by atoms with Crippen LogP contribution in [0.2, 0.25) is 0 Å². The summed E-state index contributed by atoms with van der Waals surface area (Å²) in [5.74, 6) is 0. The van der Waals surface area contributed by atoms with Crippen LogP contribution in [-0.2, 0) is 5.41 Å². The largest absolute Gasteiger partial charge is 0.455 e. The third kappa shape index (κ3) is 6.64. The first-order valence-corrected chi connectivity index (χ1v) is 23.7. The van der Waals surface area contributed by atoms with Crippen molar-refractivity contribution < 1.29 is 4.42 Å². The van der Waals surface area contributed by atoms with Crippen LogP contribution in [-0.4, -0.2) is 0 Å². The maximum Gasteiger partial charge on any atom is 0.143 e. The lowest BCUT2D eigenvalue weighted by Gasteiger charge is -2.34. The Morgan fingerprint density at radius 1 is 0.304 bits per heavy atom. The second-order valence-corrected chi connectivity index (χ2v) is 17.9. The molecule has 69 heavy (non-hydrogen) atoms. The Balaban J connectivity index is 0.984. The van der Waals surface area contributed by atoms with E-state index in [9.17, 15) is 0 Å². The molecule has 1 aliphatic rings. The molecule has 0 amide bonds. The summed E-state index contributed by atoms with van der Waals surface area (Å²) >= 11 is 0.